The van der Waals surface area contributed by atoms with E-state index in [4.69, 9.17) is 18.9 Å². The third-order valence-electron chi connectivity index (χ3n) is 13.6. The molecule has 0 saturated carbocycles. The van der Waals surface area contributed by atoms with E-state index in [9.17, 15) is 18.2 Å². The Morgan fingerprint density at radius 2 is 1.56 bits per heavy atom. The predicted octanol–water partition coefficient (Wildman–Crippen LogP) is 13.6. The third kappa shape index (κ3) is 12.7. The fourth-order valence-electron chi connectivity index (χ4n) is 10.6. The maximum atomic E-state index is 12.0. The molecule has 2 aliphatic rings. The summed E-state index contributed by atoms with van der Waals surface area (Å²) in [5.41, 5.74) is 7.58. The van der Waals surface area contributed by atoms with Gasteiger partial charge in [-0.25, -0.2) is 5.26 Å². The Morgan fingerprint density at radius 3 is 2.24 bits per heavy atom. The number of hydrogen-bond acceptors (Lipinski definition) is 11. The summed E-state index contributed by atoms with van der Waals surface area (Å²) in [5.74, 6) is 0.907. The molecule has 0 radical (unpaired) electrons. The molecule has 2 aliphatic heterocycles. The molecular formula is C57H70N4O8PS2+. The van der Waals surface area contributed by atoms with Crippen LogP contribution in [0.1, 0.15) is 97.8 Å². The first-order valence-electron chi connectivity index (χ1n) is 24.9. The normalized spacial score (nSPS) is 16.5. The van der Waals surface area contributed by atoms with Gasteiger partial charge in [0.2, 0.25) is 5.69 Å². The number of unbranched alkanes of at least 4 members (excludes halogenated alkanes) is 1. The molecule has 1 atom stereocenters. The van der Waals surface area contributed by atoms with Crippen molar-refractivity contribution >= 4 is 74.7 Å². The van der Waals surface area contributed by atoms with Gasteiger partial charge in [0.25, 0.3) is 10.1 Å². The minimum Gasteiger partial charge on any atom is -0.494 e. The summed E-state index contributed by atoms with van der Waals surface area (Å²) in [6.07, 6.45) is 11.7. The molecule has 7 rings (SSSR count). The second-order valence-corrected chi connectivity index (χ2v) is 24.1. The van der Waals surface area contributed by atoms with Crippen LogP contribution in [0.2, 0.25) is 0 Å². The summed E-state index contributed by atoms with van der Waals surface area (Å²) in [5, 5.41) is 26.8. The Labute approximate surface area is 432 Å². The van der Waals surface area contributed by atoms with E-state index in [2.05, 4.69) is 184 Å². The summed E-state index contributed by atoms with van der Waals surface area (Å²) < 4.78 is 56.1. The highest BCUT2D eigenvalue weighted by Gasteiger charge is 2.46. The van der Waals surface area contributed by atoms with Crippen molar-refractivity contribution in [2.45, 2.75) is 104 Å². The van der Waals surface area contributed by atoms with Crippen LogP contribution in [0, 0.1) is 11.3 Å². The minimum absolute atomic E-state index is 0.240. The molecule has 12 nitrogen and oxygen atoms in total. The molecular weight excluding hydrogens is 964 g/mol. The van der Waals surface area contributed by atoms with Crippen LogP contribution >= 0.6 is 20.3 Å². The fourth-order valence-corrected chi connectivity index (χ4v) is 13.6. The highest BCUT2D eigenvalue weighted by molar-refractivity contribution is 7.94. The maximum absolute atomic E-state index is 12.0. The highest BCUT2D eigenvalue weighted by atomic mass is 32.2. The largest absolute Gasteiger partial charge is 0.494 e. The number of fused-ring (bicyclic) bond motifs is 6. The van der Waals surface area contributed by atoms with Crippen LogP contribution in [0.25, 0.3) is 27.1 Å². The maximum Gasteiger partial charge on any atom is 0.265 e. The lowest BCUT2D eigenvalue weighted by atomic mass is 9.79. The zero-order valence-corrected chi connectivity index (χ0v) is 45.4. The summed E-state index contributed by atoms with van der Waals surface area (Å²) in [4.78, 5) is 2.32. The molecule has 0 bridgehead atoms. The topological polar surface area (TPSA) is 145 Å². The number of anilines is 1. The molecule has 0 spiro atoms. The fraction of sp³-hybridized carbons (Fsp3) is 0.404. The number of hydrogen-bond donors (Lipinski definition) is 2. The first-order chi connectivity index (χ1) is 34.5. The molecule has 0 amide bonds. The Morgan fingerprint density at radius 1 is 0.875 bits per heavy atom. The molecule has 72 heavy (non-hydrogen) atoms. The first kappa shape index (κ1) is 54.9. The number of rotatable bonds is 25. The average Bonchev–Trinajstić information content (AvgIpc) is 3.70. The zero-order chi connectivity index (χ0) is 51.6. The van der Waals surface area contributed by atoms with Crippen molar-refractivity contribution in [3.63, 3.8) is 0 Å². The van der Waals surface area contributed by atoms with Gasteiger partial charge in [0, 0.05) is 89.9 Å². The van der Waals surface area contributed by atoms with Crippen molar-refractivity contribution in [1.29, 1.82) is 5.26 Å². The monoisotopic (exact) mass is 1030 g/mol. The summed E-state index contributed by atoms with van der Waals surface area (Å²) in [6, 6.07) is 36.5. The lowest BCUT2D eigenvalue weighted by molar-refractivity contribution is -0.437. The van der Waals surface area contributed by atoms with Crippen molar-refractivity contribution < 1.29 is 41.4 Å². The summed E-state index contributed by atoms with van der Waals surface area (Å²) in [6.45, 7) is 19.7. The Hall–Kier alpha value is -4.91. The van der Waals surface area contributed by atoms with E-state index < -0.39 is 29.2 Å². The Balaban J connectivity index is 1.26. The summed E-state index contributed by atoms with van der Waals surface area (Å²) >= 11 is 1.03. The van der Waals surface area contributed by atoms with Crippen LogP contribution in [-0.4, -0.2) is 89.2 Å². The molecule has 5 aromatic carbocycles. The van der Waals surface area contributed by atoms with E-state index >= 15 is 0 Å². The van der Waals surface area contributed by atoms with Gasteiger partial charge in [0.15, 0.2) is 5.71 Å². The van der Waals surface area contributed by atoms with Crippen LogP contribution in [0.4, 0.5) is 11.4 Å². The highest BCUT2D eigenvalue weighted by Crippen LogP contribution is 2.51. The summed E-state index contributed by atoms with van der Waals surface area (Å²) in [7, 11) is -5.05. The minimum atomic E-state index is -4.17. The molecule has 1 unspecified atom stereocenters. The zero-order valence-electron chi connectivity index (χ0n) is 42.9. The van der Waals surface area contributed by atoms with Gasteiger partial charge in [0.1, 0.15) is 20.6 Å². The Bertz CT molecular complexity index is 2990. The van der Waals surface area contributed by atoms with Gasteiger partial charge < -0.3 is 14.2 Å². The molecule has 382 valence electrons. The predicted molar refractivity (Wildman–Crippen MR) is 296 cm³/mol. The van der Waals surface area contributed by atoms with E-state index in [0.717, 1.165) is 86.9 Å². The standard InChI is InChI=1S/C57H69N4O8PS2/c1-41(2)61(42(3)4)70(37-16-32-58)67-36-14-13-35-66-47-21-15-20-46(40-47)43(27-31-53-57(7,8)55-49-23-12-10-19-45(49)25-29-51(55)60(53)34-38-71-69-68-62)26-30-52-56(5,6)54-48-22-11-9-18-44(48)24-28-50(54)59(52)33-17-39-72(63,64)65/h9-12,15,18-31,40-42H,13-14,16-17,33-39H2,1-8H3,(H-,62,63,64,65)/p+1. The van der Waals surface area contributed by atoms with Crippen LogP contribution in [0.5, 0.6) is 5.75 Å². The molecule has 0 saturated heterocycles. The average molecular weight is 1030 g/mol. The van der Waals surface area contributed by atoms with Gasteiger partial charge in [-0.2, -0.15) is 18.3 Å². The van der Waals surface area contributed by atoms with Gasteiger partial charge in [-0.15, -0.1) is 4.33 Å². The lowest BCUT2D eigenvalue weighted by Gasteiger charge is -2.37. The smallest absolute Gasteiger partial charge is 0.265 e. The second-order valence-electron chi connectivity index (χ2n) is 19.9. The first-order valence-corrected chi connectivity index (χ1v) is 28.8. The van der Waals surface area contributed by atoms with Crippen molar-refractivity contribution in [1.82, 2.24) is 4.67 Å². The molecule has 0 fully saturated rings. The van der Waals surface area contributed by atoms with Crippen molar-refractivity contribution in [3.05, 3.63) is 144 Å². The van der Waals surface area contributed by atoms with Crippen LogP contribution < -0.4 is 9.64 Å². The SMILES string of the molecule is CC(C)N(C(C)C)P(CCC#N)OCCCCOc1cccc(C(C=CC2=[N+](CCCS(=O)(=O)O)c3ccc4ccccc4c3C2(C)C)=CC=C2N(CCSOOO)c3ccc4ccccc4c3C2(C)C)c1. The van der Waals surface area contributed by atoms with E-state index in [1.807, 2.05) is 18.2 Å². The van der Waals surface area contributed by atoms with Crippen LogP contribution in [0.15, 0.2) is 127 Å². The van der Waals surface area contributed by atoms with E-state index in [0.29, 0.717) is 50.6 Å². The van der Waals surface area contributed by atoms with E-state index in [-0.39, 0.29) is 12.2 Å². The van der Waals surface area contributed by atoms with Gasteiger partial charge in [-0.1, -0.05) is 91.7 Å². The number of allylic oxidation sites excluding steroid dienone is 6. The van der Waals surface area contributed by atoms with Crippen LogP contribution in [-0.2, 0) is 34.8 Å². The van der Waals surface area contributed by atoms with Crippen molar-refractivity contribution in [3.8, 4) is 11.8 Å². The Kier molecular flexibility index (Phi) is 18.6. The quantitative estimate of drug-likeness (QED) is 0.00839. The van der Waals surface area contributed by atoms with Crippen molar-refractivity contribution in [2.75, 3.05) is 48.9 Å². The number of nitriles is 1. The molecule has 0 aliphatic carbocycles. The van der Waals surface area contributed by atoms with Crippen molar-refractivity contribution in [2.24, 2.45) is 0 Å². The second kappa shape index (κ2) is 24.4. The molecule has 15 heteroatoms. The van der Waals surface area contributed by atoms with Gasteiger partial charge in [-0.05, 0) is 129 Å². The van der Waals surface area contributed by atoms with Gasteiger partial charge >= 0.3 is 0 Å². The van der Waals surface area contributed by atoms with E-state index in [1.54, 1.807) is 0 Å². The molecule has 5 aromatic rings. The van der Waals surface area contributed by atoms with Gasteiger partial charge in [0.05, 0.1) is 30.5 Å². The van der Waals surface area contributed by atoms with E-state index in [1.165, 1.54) is 16.5 Å². The number of ether oxygens (including phenoxy) is 1. The van der Waals surface area contributed by atoms with Gasteiger partial charge in [-0.3, -0.25) is 9.22 Å². The molecule has 2 N–H and O–H groups in total. The number of benzene rings is 5. The molecule has 0 aromatic heterocycles. The molecule has 2 heterocycles. The third-order valence-corrected chi connectivity index (χ3v) is 17.4. The number of nitrogens with zero attached hydrogens (tertiary/aromatic N) is 4. The lowest BCUT2D eigenvalue weighted by Crippen LogP contribution is -2.33. The van der Waals surface area contributed by atoms with Crippen LogP contribution in [0.3, 0.4) is 0 Å².